The van der Waals surface area contributed by atoms with Gasteiger partial charge >= 0.3 is 6.03 Å². The van der Waals surface area contributed by atoms with Crippen molar-refractivity contribution in [3.63, 3.8) is 0 Å². The van der Waals surface area contributed by atoms with Crippen molar-refractivity contribution in [2.75, 3.05) is 0 Å². The van der Waals surface area contributed by atoms with Gasteiger partial charge in [-0.25, -0.2) is 9.78 Å². The van der Waals surface area contributed by atoms with Gasteiger partial charge in [0.05, 0.1) is 6.54 Å². The summed E-state index contributed by atoms with van der Waals surface area (Å²) >= 11 is 0. The molecule has 1 aromatic rings. The molecule has 19 heavy (non-hydrogen) atoms. The van der Waals surface area contributed by atoms with Crippen molar-refractivity contribution in [1.29, 1.82) is 5.26 Å². The average Bonchev–Trinajstić information content (AvgIpc) is 2.68. The highest BCUT2D eigenvalue weighted by Crippen LogP contribution is 2.16. The minimum atomic E-state index is -0.445. The van der Waals surface area contributed by atoms with Crippen LogP contribution in [0.15, 0.2) is 18.3 Å². The Morgan fingerprint density at radius 1 is 1.53 bits per heavy atom. The number of nitriles is 1. The normalized spacial score (nSPS) is 18.3. The minimum Gasteiger partial charge on any atom is -0.326 e. The van der Waals surface area contributed by atoms with E-state index in [2.05, 4.69) is 10.3 Å². The number of urea groups is 1. The zero-order chi connectivity index (χ0) is 13.8. The van der Waals surface area contributed by atoms with Gasteiger partial charge in [0, 0.05) is 11.8 Å². The van der Waals surface area contributed by atoms with Gasteiger partial charge in [0.25, 0.3) is 5.91 Å². The largest absolute Gasteiger partial charge is 0.326 e. The van der Waals surface area contributed by atoms with Crippen molar-refractivity contribution in [3.05, 3.63) is 29.6 Å². The maximum atomic E-state index is 12.0. The summed E-state index contributed by atoms with van der Waals surface area (Å²) in [4.78, 5) is 28.9. The summed E-state index contributed by atoms with van der Waals surface area (Å²) in [5, 5.41) is 11.6. The number of rotatable bonds is 4. The van der Waals surface area contributed by atoms with Gasteiger partial charge in [-0.2, -0.15) is 5.26 Å². The van der Waals surface area contributed by atoms with Crippen molar-refractivity contribution in [3.8, 4) is 6.07 Å². The Morgan fingerprint density at radius 2 is 2.32 bits per heavy atom. The van der Waals surface area contributed by atoms with Gasteiger partial charge in [-0.1, -0.05) is 19.4 Å². The van der Waals surface area contributed by atoms with Gasteiger partial charge in [0.2, 0.25) is 0 Å². The minimum absolute atomic E-state index is 0.0849. The molecule has 1 aliphatic rings. The van der Waals surface area contributed by atoms with Crippen LogP contribution in [-0.2, 0) is 11.3 Å². The van der Waals surface area contributed by atoms with Crippen LogP contribution in [0.4, 0.5) is 4.79 Å². The summed E-state index contributed by atoms with van der Waals surface area (Å²) in [5.41, 5.74) is 0.813. The molecule has 1 atom stereocenters. The first kappa shape index (κ1) is 13.0. The lowest BCUT2D eigenvalue weighted by atomic mass is 10.1. The van der Waals surface area contributed by atoms with E-state index in [1.54, 1.807) is 12.1 Å². The molecular formula is C13H14N4O2. The molecule has 98 valence electrons. The predicted octanol–water partition coefficient (Wildman–Crippen LogP) is 1.17. The summed E-state index contributed by atoms with van der Waals surface area (Å²) in [7, 11) is 0. The maximum absolute atomic E-state index is 12.0. The lowest BCUT2D eigenvalue weighted by molar-refractivity contribution is -0.128. The van der Waals surface area contributed by atoms with Crippen LogP contribution in [0.25, 0.3) is 0 Å². The molecule has 3 amide bonds. The molecule has 0 spiro atoms. The van der Waals surface area contributed by atoms with E-state index >= 15 is 0 Å². The van der Waals surface area contributed by atoms with Crippen LogP contribution in [0, 0.1) is 11.3 Å². The molecule has 2 rings (SSSR count). The molecule has 2 heterocycles. The van der Waals surface area contributed by atoms with E-state index in [1.807, 2.05) is 13.0 Å². The van der Waals surface area contributed by atoms with Crippen LogP contribution in [0.1, 0.15) is 31.0 Å². The number of nitrogens with zero attached hydrogens (tertiary/aromatic N) is 3. The first-order valence-corrected chi connectivity index (χ1v) is 6.13. The molecule has 6 nitrogen and oxygen atoms in total. The quantitative estimate of drug-likeness (QED) is 0.821. The van der Waals surface area contributed by atoms with E-state index in [0.29, 0.717) is 12.0 Å². The molecule has 1 N–H and O–H groups in total. The number of hydrogen-bond donors (Lipinski definition) is 1. The third kappa shape index (κ3) is 2.55. The molecule has 1 aliphatic heterocycles. The summed E-state index contributed by atoms with van der Waals surface area (Å²) < 4.78 is 0. The fourth-order valence-electron chi connectivity index (χ4n) is 2.05. The second-order valence-electron chi connectivity index (χ2n) is 4.34. The first-order valence-electron chi connectivity index (χ1n) is 6.13. The fourth-order valence-corrected chi connectivity index (χ4v) is 2.05. The molecule has 0 saturated carbocycles. The smallest absolute Gasteiger partial charge is 0.325 e. The number of hydrogen-bond acceptors (Lipinski definition) is 4. The molecule has 6 heteroatoms. The topological polar surface area (TPSA) is 86.1 Å². The van der Waals surface area contributed by atoms with Gasteiger partial charge in [-0.05, 0) is 12.5 Å². The third-order valence-electron chi connectivity index (χ3n) is 3.01. The van der Waals surface area contributed by atoms with E-state index in [0.717, 1.165) is 11.3 Å². The standard InChI is InChI=1S/C13H14N4O2/c1-2-4-10-12(18)17(13(19)16-10)8-9-5-3-6-15-11(9)7-14/h3,5-6,10H,2,4,8H2,1H3,(H,16,19). The number of imide groups is 1. The molecule has 0 radical (unpaired) electrons. The van der Waals surface area contributed by atoms with Gasteiger partial charge in [0.15, 0.2) is 0 Å². The highest BCUT2D eigenvalue weighted by molar-refractivity contribution is 6.04. The zero-order valence-corrected chi connectivity index (χ0v) is 10.6. The zero-order valence-electron chi connectivity index (χ0n) is 10.6. The lowest BCUT2D eigenvalue weighted by Gasteiger charge is -2.13. The van der Waals surface area contributed by atoms with Gasteiger partial charge in [-0.3, -0.25) is 9.69 Å². The first-order chi connectivity index (χ1) is 9.17. The van der Waals surface area contributed by atoms with Crippen molar-refractivity contribution in [2.45, 2.75) is 32.4 Å². The third-order valence-corrected chi connectivity index (χ3v) is 3.01. The molecule has 0 aromatic carbocycles. The van der Waals surface area contributed by atoms with Gasteiger partial charge in [0.1, 0.15) is 17.8 Å². The predicted molar refractivity (Wildman–Crippen MR) is 66.7 cm³/mol. The average molecular weight is 258 g/mol. The van der Waals surface area contributed by atoms with Crippen LogP contribution in [-0.4, -0.2) is 27.9 Å². The number of pyridine rings is 1. The molecule has 1 saturated heterocycles. The molecule has 1 fully saturated rings. The number of aromatic nitrogens is 1. The summed E-state index contributed by atoms with van der Waals surface area (Å²) in [6.45, 7) is 2.04. The molecule has 0 aliphatic carbocycles. The second-order valence-corrected chi connectivity index (χ2v) is 4.34. The number of amides is 3. The monoisotopic (exact) mass is 258 g/mol. The highest BCUT2D eigenvalue weighted by Gasteiger charge is 2.37. The van der Waals surface area contributed by atoms with Crippen molar-refractivity contribution in [2.24, 2.45) is 0 Å². The summed E-state index contributed by atoms with van der Waals surface area (Å²) in [6, 6.07) is 4.48. The second kappa shape index (κ2) is 5.48. The Kier molecular flexibility index (Phi) is 3.76. The Bertz CT molecular complexity index is 550. The molecule has 1 aromatic heterocycles. The number of carbonyl (C=O) groups excluding carboxylic acids is 2. The Balaban J connectivity index is 2.17. The maximum Gasteiger partial charge on any atom is 0.325 e. The molecule has 0 bridgehead atoms. The van der Waals surface area contributed by atoms with E-state index in [9.17, 15) is 9.59 Å². The number of nitrogens with one attached hydrogen (secondary N) is 1. The van der Waals surface area contributed by atoms with E-state index < -0.39 is 12.1 Å². The van der Waals surface area contributed by atoms with E-state index in [-0.39, 0.29) is 18.1 Å². The summed E-state index contributed by atoms with van der Waals surface area (Å²) in [6.07, 6.45) is 2.95. The Labute approximate surface area is 111 Å². The van der Waals surface area contributed by atoms with E-state index in [1.165, 1.54) is 6.20 Å². The summed E-state index contributed by atoms with van der Waals surface area (Å²) in [5.74, 6) is -0.236. The lowest BCUT2D eigenvalue weighted by Crippen LogP contribution is -2.31. The van der Waals surface area contributed by atoms with Crippen molar-refractivity contribution >= 4 is 11.9 Å². The molecular weight excluding hydrogens is 244 g/mol. The van der Waals surface area contributed by atoms with Crippen LogP contribution in [0.3, 0.4) is 0 Å². The van der Waals surface area contributed by atoms with Crippen LogP contribution in [0.2, 0.25) is 0 Å². The molecule has 1 unspecified atom stereocenters. The van der Waals surface area contributed by atoms with Crippen molar-refractivity contribution in [1.82, 2.24) is 15.2 Å². The van der Waals surface area contributed by atoms with E-state index in [4.69, 9.17) is 5.26 Å². The van der Waals surface area contributed by atoms with Crippen LogP contribution in [0.5, 0.6) is 0 Å². The SMILES string of the molecule is CCCC1NC(=O)N(Cc2cccnc2C#N)C1=O. The van der Waals surface area contributed by atoms with Gasteiger partial charge in [-0.15, -0.1) is 0 Å². The number of carbonyl (C=O) groups is 2. The van der Waals surface area contributed by atoms with Gasteiger partial charge < -0.3 is 5.32 Å². The highest BCUT2D eigenvalue weighted by atomic mass is 16.2. The fraction of sp³-hybridized carbons (Fsp3) is 0.385. The van der Waals surface area contributed by atoms with Crippen molar-refractivity contribution < 1.29 is 9.59 Å². The Morgan fingerprint density at radius 3 is 3.00 bits per heavy atom. The Hall–Kier alpha value is -2.42. The van der Waals surface area contributed by atoms with Crippen LogP contribution < -0.4 is 5.32 Å². The van der Waals surface area contributed by atoms with Crippen LogP contribution >= 0.6 is 0 Å².